The molecular formula is C39H44Cl2N2O16. The molecule has 20 heteroatoms. The third-order valence-electron chi connectivity index (χ3n) is 8.24. The number of nitrogens with one attached hydrogen (secondary N) is 2. The quantitative estimate of drug-likeness (QED) is 0.0552. The summed E-state index contributed by atoms with van der Waals surface area (Å²) in [5.41, 5.74) is 0.129. The van der Waals surface area contributed by atoms with Gasteiger partial charge in [-0.25, -0.2) is 19.2 Å². The lowest BCUT2D eigenvalue weighted by Gasteiger charge is -2.41. The summed E-state index contributed by atoms with van der Waals surface area (Å²) >= 11 is 13.2. The largest absolute Gasteiger partial charge is 0.488 e. The van der Waals surface area contributed by atoms with E-state index in [4.69, 9.17) is 70.6 Å². The topological polar surface area (TPSA) is 219 Å². The highest BCUT2D eigenvalue weighted by atomic mass is 35.5. The van der Waals surface area contributed by atoms with Gasteiger partial charge in [0, 0.05) is 52.9 Å². The second kappa shape index (κ2) is 22.6. The third-order valence-corrected chi connectivity index (χ3v) is 8.83. The maximum absolute atomic E-state index is 13.0. The maximum atomic E-state index is 13.0. The summed E-state index contributed by atoms with van der Waals surface area (Å²) in [5, 5.41) is 5.26. The summed E-state index contributed by atoms with van der Waals surface area (Å²) in [4.78, 5) is 72.8. The van der Waals surface area contributed by atoms with Crippen molar-refractivity contribution < 1.29 is 76.1 Å². The molecule has 2 aliphatic heterocycles. The van der Waals surface area contributed by atoms with Crippen molar-refractivity contribution in [1.82, 2.24) is 10.6 Å². The molecule has 2 heterocycles. The number of benzene rings is 2. The van der Waals surface area contributed by atoms with Gasteiger partial charge in [-0.1, -0.05) is 36.4 Å². The van der Waals surface area contributed by atoms with Crippen LogP contribution in [0, 0.1) is 0 Å². The van der Waals surface area contributed by atoms with Crippen LogP contribution in [0.1, 0.15) is 37.8 Å². The smallest absolute Gasteiger partial charge is 0.407 e. The van der Waals surface area contributed by atoms with Gasteiger partial charge in [0.25, 0.3) is 0 Å². The van der Waals surface area contributed by atoms with Crippen molar-refractivity contribution in [2.24, 2.45) is 0 Å². The van der Waals surface area contributed by atoms with Gasteiger partial charge in [-0.2, -0.15) is 0 Å². The Morgan fingerprint density at radius 3 is 1.39 bits per heavy atom. The van der Waals surface area contributed by atoms with Crippen LogP contribution in [0.4, 0.5) is 9.59 Å². The van der Waals surface area contributed by atoms with Gasteiger partial charge in [0.1, 0.15) is 62.6 Å². The van der Waals surface area contributed by atoms with Crippen molar-refractivity contribution in [2.45, 2.75) is 32.1 Å². The molecule has 0 bridgehead atoms. The molecule has 2 amide bonds. The summed E-state index contributed by atoms with van der Waals surface area (Å²) in [7, 11) is 0. The lowest BCUT2D eigenvalue weighted by Crippen LogP contribution is -2.42. The van der Waals surface area contributed by atoms with E-state index in [9.17, 15) is 28.8 Å². The monoisotopic (exact) mass is 866 g/mol. The summed E-state index contributed by atoms with van der Waals surface area (Å²) < 4.78 is 53.1. The average molecular weight is 868 g/mol. The molecule has 2 aliphatic rings. The summed E-state index contributed by atoms with van der Waals surface area (Å²) in [6.45, 7) is 10.5. The number of fused-ring (bicyclic) bond motifs is 4. The third kappa shape index (κ3) is 13.8. The first-order chi connectivity index (χ1) is 28.2. The summed E-state index contributed by atoms with van der Waals surface area (Å²) in [6.07, 6.45) is -1.91. The number of amides is 2. The van der Waals surface area contributed by atoms with E-state index >= 15 is 0 Å². The molecule has 0 aliphatic carbocycles. The normalized spacial score (nSPS) is 13.4. The van der Waals surface area contributed by atoms with Crippen LogP contribution in [0.3, 0.4) is 0 Å². The molecule has 0 unspecified atom stereocenters. The fourth-order valence-electron chi connectivity index (χ4n) is 5.57. The zero-order valence-electron chi connectivity index (χ0n) is 32.4. The predicted octanol–water partition coefficient (Wildman–Crippen LogP) is 4.38. The van der Waals surface area contributed by atoms with Gasteiger partial charge in [-0.3, -0.25) is 9.59 Å². The first-order valence-corrected chi connectivity index (χ1v) is 18.9. The Hall–Kier alpha value is -5.56. The highest BCUT2D eigenvalue weighted by Gasteiger charge is 2.50. The van der Waals surface area contributed by atoms with Gasteiger partial charge < -0.3 is 58.0 Å². The molecule has 59 heavy (non-hydrogen) atoms. The van der Waals surface area contributed by atoms with Crippen molar-refractivity contribution in [3.8, 4) is 23.0 Å². The Kier molecular flexibility index (Phi) is 17.6. The lowest BCUT2D eigenvalue weighted by molar-refractivity contribution is -0.142. The number of rotatable bonds is 22. The number of halogens is 2. The Morgan fingerprint density at radius 1 is 0.610 bits per heavy atom. The van der Waals surface area contributed by atoms with Crippen LogP contribution in [-0.4, -0.2) is 115 Å². The van der Waals surface area contributed by atoms with Gasteiger partial charge in [-0.05, 0) is 26.0 Å². The molecular weight excluding hydrogens is 823 g/mol. The molecule has 4 rings (SSSR count). The Labute approximate surface area is 349 Å². The van der Waals surface area contributed by atoms with Crippen LogP contribution in [0.25, 0.3) is 0 Å². The maximum Gasteiger partial charge on any atom is 0.407 e. The van der Waals surface area contributed by atoms with Crippen LogP contribution >= 0.6 is 23.2 Å². The van der Waals surface area contributed by atoms with Crippen molar-refractivity contribution >= 4 is 59.3 Å². The Morgan fingerprint density at radius 2 is 1.00 bits per heavy atom. The van der Waals surface area contributed by atoms with Crippen molar-refractivity contribution in [3.63, 3.8) is 0 Å². The fourth-order valence-corrected chi connectivity index (χ4v) is 6.00. The number of hydrogen-bond donors (Lipinski definition) is 2. The van der Waals surface area contributed by atoms with E-state index in [1.165, 1.54) is 38.1 Å². The fraction of sp³-hybridized carbons (Fsp3) is 0.436. The van der Waals surface area contributed by atoms with Crippen molar-refractivity contribution in [1.29, 1.82) is 0 Å². The number of esters is 4. The van der Waals surface area contributed by atoms with Gasteiger partial charge in [-0.15, -0.1) is 0 Å². The van der Waals surface area contributed by atoms with Crippen molar-refractivity contribution in [2.75, 3.05) is 79.2 Å². The molecule has 1 spiro atoms. The molecule has 0 fully saturated rings. The van der Waals surface area contributed by atoms with E-state index < -0.39 is 41.5 Å². The minimum Gasteiger partial charge on any atom is -0.488 e. The Bertz CT molecular complexity index is 1780. The molecule has 2 aromatic rings. The predicted molar refractivity (Wildman–Crippen MR) is 207 cm³/mol. The van der Waals surface area contributed by atoms with Crippen molar-refractivity contribution in [3.05, 3.63) is 69.7 Å². The molecule has 2 N–H and O–H groups in total. The molecule has 0 atom stereocenters. The number of carbonyl (C=O) groups is 6. The molecule has 18 nitrogen and oxygen atoms in total. The minimum absolute atomic E-state index is 0.0484. The lowest BCUT2D eigenvalue weighted by atomic mass is 9.67. The molecule has 0 radical (unpaired) electrons. The van der Waals surface area contributed by atoms with Gasteiger partial charge in [0.15, 0.2) is 0 Å². The van der Waals surface area contributed by atoms with Crippen LogP contribution in [-0.2, 0) is 53.0 Å². The molecule has 0 aromatic heterocycles. The molecule has 0 saturated heterocycles. The number of alkyl carbamates (subject to hydrolysis) is 2. The average Bonchev–Trinajstić information content (AvgIpc) is 3.18. The highest BCUT2D eigenvalue weighted by Crippen LogP contribution is 2.55. The second-order valence-corrected chi connectivity index (χ2v) is 13.6. The summed E-state index contributed by atoms with van der Waals surface area (Å²) in [6, 6.07) is 5.88. The first-order valence-electron chi connectivity index (χ1n) is 18.2. The summed E-state index contributed by atoms with van der Waals surface area (Å²) in [5.74, 6) is -1.85. The van der Waals surface area contributed by atoms with Gasteiger partial charge in [0.2, 0.25) is 0 Å². The SMILES string of the molecule is C=C(C)C(=O)OCCOCCNC(=O)OCCOc1cc2c(cc1Cl)C1(CC(=O)O2)CC(=O)Oc2cc(OCCOC(=O)NCCOCCOC(=O)C(=C)C)c(Cl)cc21. The van der Waals surface area contributed by atoms with Crippen LogP contribution in [0.5, 0.6) is 23.0 Å². The molecule has 320 valence electrons. The number of hydrogen-bond acceptors (Lipinski definition) is 16. The Balaban J connectivity index is 1.27. The van der Waals surface area contributed by atoms with E-state index in [0.717, 1.165) is 0 Å². The molecule has 2 aromatic carbocycles. The van der Waals surface area contributed by atoms with E-state index in [2.05, 4.69) is 23.8 Å². The highest BCUT2D eigenvalue weighted by molar-refractivity contribution is 6.32. The zero-order valence-corrected chi connectivity index (χ0v) is 33.9. The van der Waals surface area contributed by atoms with Gasteiger partial charge >= 0.3 is 36.1 Å². The second-order valence-electron chi connectivity index (χ2n) is 12.8. The molecule has 0 saturated carbocycles. The minimum atomic E-state index is -1.26. The van der Waals surface area contributed by atoms with Gasteiger partial charge in [0.05, 0.1) is 49.3 Å². The van der Waals surface area contributed by atoms with E-state index in [1.807, 2.05) is 0 Å². The van der Waals surface area contributed by atoms with Crippen LogP contribution in [0.2, 0.25) is 10.0 Å². The van der Waals surface area contributed by atoms with Crippen LogP contribution < -0.4 is 29.6 Å². The van der Waals surface area contributed by atoms with Crippen LogP contribution in [0.15, 0.2) is 48.6 Å². The first kappa shape index (κ1) is 46.1. The number of ether oxygens (including phenoxy) is 10. The zero-order chi connectivity index (χ0) is 43.0. The van der Waals surface area contributed by atoms with E-state index in [0.29, 0.717) is 11.1 Å². The number of carbonyl (C=O) groups excluding carboxylic acids is 6. The standard InChI is InChI=1S/C39H44Cl2N2O16/c1-23(2)35(46)54-11-9-50-7-5-42-37(48)56-15-13-52-31-19-29-25(17-27(31)40)39(21-33(44)58-29)22-34(45)59-30-20-32(28(41)18-26(30)39)53-14-16-57-38(49)43-6-8-51-10-12-55-36(47)24(3)4/h17-20H,1,3,5-16,21-22H2,2,4H3,(H,42,48)(H,43,49). The van der Waals surface area contributed by atoms with E-state index in [1.54, 1.807) is 0 Å². The van der Waals surface area contributed by atoms with E-state index in [-0.39, 0.29) is 136 Å².